The van der Waals surface area contributed by atoms with Crippen LogP contribution in [0, 0.1) is 0 Å². The van der Waals surface area contributed by atoms with Gasteiger partial charge in [0.15, 0.2) is 11.0 Å². The Labute approximate surface area is 280 Å². The lowest BCUT2D eigenvalue weighted by molar-refractivity contribution is -0.664. The number of fused-ring (bicyclic) bond motifs is 4. The van der Waals surface area contributed by atoms with Crippen molar-refractivity contribution in [1.29, 1.82) is 0 Å². The third kappa shape index (κ3) is 7.81. The Morgan fingerprint density at radius 1 is 0.915 bits per heavy atom. The van der Waals surface area contributed by atoms with Crippen molar-refractivity contribution in [2.45, 2.75) is 45.5 Å². The molecular weight excluding hydrogens is 704 g/mol. The first-order valence-corrected chi connectivity index (χ1v) is 18.6. The first-order valence-electron chi connectivity index (χ1n) is 14.6. The number of nitrogens with zero attached hydrogens (tertiary/aromatic N) is 4. The van der Waals surface area contributed by atoms with Crippen LogP contribution in [0.2, 0.25) is 10.0 Å². The molecule has 0 aliphatic carbocycles. The lowest BCUT2D eigenvalue weighted by Crippen LogP contribution is -2.31. The minimum atomic E-state index is -4.71. The van der Waals surface area contributed by atoms with E-state index in [2.05, 4.69) is 4.57 Å². The van der Waals surface area contributed by atoms with Gasteiger partial charge in [0.1, 0.15) is 5.82 Å². The highest BCUT2D eigenvalue weighted by Crippen LogP contribution is 2.47. The summed E-state index contributed by atoms with van der Waals surface area (Å²) in [6.45, 7) is 3.18. The molecule has 17 heteroatoms. The Kier molecular flexibility index (Phi) is 10.1. The average Bonchev–Trinajstić information content (AvgIpc) is 3.58. The molecule has 0 atom stereocenters. The van der Waals surface area contributed by atoms with Gasteiger partial charge in [0.2, 0.25) is 0 Å². The van der Waals surface area contributed by atoms with Crippen molar-refractivity contribution in [2.75, 3.05) is 34.4 Å². The molecule has 0 saturated carbocycles. The number of allylic oxidation sites excluding steroid dienone is 5. The maximum absolute atomic E-state index is 13.8. The molecule has 0 bridgehead atoms. The number of imidazole rings is 1. The number of anilines is 2. The van der Waals surface area contributed by atoms with Crippen molar-refractivity contribution < 1.29 is 43.7 Å². The van der Waals surface area contributed by atoms with Crippen molar-refractivity contribution in [2.24, 2.45) is 0 Å². The second-order valence-corrected chi connectivity index (χ2v) is 15.1. The van der Waals surface area contributed by atoms with E-state index in [0.717, 1.165) is 28.5 Å². The molecule has 0 unspecified atom stereocenters. The van der Waals surface area contributed by atoms with E-state index in [1.807, 2.05) is 23.6 Å². The molecule has 0 fully saturated rings. The second-order valence-electron chi connectivity index (χ2n) is 11.1. The minimum Gasteiger partial charge on any atom is -0.326 e. The van der Waals surface area contributed by atoms with Crippen LogP contribution in [-0.4, -0.2) is 55.1 Å². The summed E-state index contributed by atoms with van der Waals surface area (Å²) in [5.74, 6) is 0.396. The monoisotopic (exact) mass is 735 g/mol. The highest BCUT2D eigenvalue weighted by Gasteiger charge is 2.38. The Morgan fingerprint density at radius 3 is 2.19 bits per heavy atom. The molecule has 2 aliphatic rings. The zero-order valence-electron chi connectivity index (χ0n) is 25.1. The Bertz CT molecular complexity index is 2030. The van der Waals surface area contributed by atoms with Gasteiger partial charge in [-0.1, -0.05) is 41.4 Å². The summed E-state index contributed by atoms with van der Waals surface area (Å²) in [7, 11) is -8.43. The molecule has 2 aliphatic heterocycles. The Morgan fingerprint density at radius 2 is 1.55 bits per heavy atom. The summed E-state index contributed by atoms with van der Waals surface area (Å²) in [4.78, 5) is 3.35. The molecule has 10 nitrogen and oxygen atoms in total. The Balaban J connectivity index is 1.50. The average molecular weight is 737 g/mol. The maximum atomic E-state index is 13.8. The fourth-order valence-electron chi connectivity index (χ4n) is 6.08. The molecule has 1 aromatic heterocycles. The predicted octanol–water partition coefficient (Wildman–Crippen LogP) is 6.34. The maximum Gasteiger partial charge on any atom is 0.417 e. The van der Waals surface area contributed by atoms with Gasteiger partial charge >= 0.3 is 6.18 Å². The first kappa shape index (κ1) is 35.2. The molecule has 5 rings (SSSR count). The van der Waals surface area contributed by atoms with Crippen LogP contribution in [0.3, 0.4) is 0 Å². The number of alkyl halides is 3. The first-order chi connectivity index (χ1) is 22.0. The SMILES string of the molecule is CCN1/C(=C/C=C/C=C2\CC[n+]3c2n(CCCS(=O)(=O)O)c2cc(Cl)ccc23)N(CCCS(=O)(=O)O)c2cc(C(F)(F)F)c(Cl)cc21. The van der Waals surface area contributed by atoms with Crippen molar-refractivity contribution in [3.8, 4) is 0 Å². The summed E-state index contributed by atoms with van der Waals surface area (Å²) in [6, 6.07) is 7.67. The zero-order valence-corrected chi connectivity index (χ0v) is 28.2. The molecule has 254 valence electrons. The molecular formula is C30H32Cl2F3N4O6S2+. The quantitative estimate of drug-likeness (QED) is 0.173. The summed E-state index contributed by atoms with van der Waals surface area (Å²) >= 11 is 12.3. The molecule has 47 heavy (non-hydrogen) atoms. The highest BCUT2D eigenvalue weighted by molar-refractivity contribution is 7.86. The normalized spacial score (nSPS) is 17.2. The number of halogens is 5. The molecule has 2 N–H and O–H groups in total. The van der Waals surface area contributed by atoms with Crippen molar-refractivity contribution in [3.05, 3.63) is 81.9 Å². The summed E-state index contributed by atoms with van der Waals surface area (Å²) in [5, 5.41) is 0.0575. The lowest BCUT2D eigenvalue weighted by atomic mass is 10.1. The van der Waals surface area contributed by atoms with Gasteiger partial charge in [-0.3, -0.25) is 9.11 Å². The molecule has 2 aromatic carbocycles. The van der Waals surface area contributed by atoms with Crippen molar-refractivity contribution in [1.82, 2.24) is 4.57 Å². The fraction of sp³-hybridized carbons (Fsp3) is 0.367. The van der Waals surface area contributed by atoms with Crippen LogP contribution < -0.4 is 14.4 Å². The molecule has 0 radical (unpaired) electrons. The van der Waals surface area contributed by atoms with E-state index >= 15 is 0 Å². The van der Waals surface area contributed by atoms with Crippen LogP contribution in [0.1, 0.15) is 37.6 Å². The highest BCUT2D eigenvalue weighted by atomic mass is 35.5. The molecule has 0 spiro atoms. The zero-order chi connectivity index (χ0) is 34.3. The van der Waals surface area contributed by atoms with E-state index in [1.54, 1.807) is 40.2 Å². The smallest absolute Gasteiger partial charge is 0.326 e. The molecule has 0 amide bonds. The number of benzene rings is 2. The van der Waals surface area contributed by atoms with Crippen LogP contribution in [0.4, 0.5) is 24.5 Å². The van der Waals surface area contributed by atoms with Gasteiger partial charge in [-0.2, -0.15) is 30.0 Å². The summed E-state index contributed by atoms with van der Waals surface area (Å²) in [6.07, 6.45) is 3.22. The van der Waals surface area contributed by atoms with Gasteiger partial charge in [0.25, 0.3) is 26.1 Å². The predicted molar refractivity (Wildman–Crippen MR) is 176 cm³/mol. The van der Waals surface area contributed by atoms with E-state index in [4.69, 9.17) is 23.2 Å². The molecule has 3 heterocycles. The number of aromatic nitrogens is 2. The number of aryl methyl sites for hydroxylation is 2. The second kappa shape index (κ2) is 13.4. The van der Waals surface area contributed by atoms with Crippen molar-refractivity contribution >= 4 is 71.4 Å². The number of rotatable bonds is 11. The van der Waals surface area contributed by atoms with E-state index in [-0.39, 0.29) is 25.1 Å². The van der Waals surface area contributed by atoms with Gasteiger partial charge < -0.3 is 9.80 Å². The van der Waals surface area contributed by atoms with Gasteiger partial charge in [-0.05, 0) is 43.7 Å². The van der Waals surface area contributed by atoms with Crippen LogP contribution in [0.25, 0.3) is 16.6 Å². The van der Waals surface area contributed by atoms with E-state index in [9.17, 15) is 39.1 Å². The van der Waals surface area contributed by atoms with Crippen LogP contribution in [-0.2, 0) is 39.5 Å². The summed E-state index contributed by atoms with van der Waals surface area (Å²) < 4.78 is 109. The Hall–Kier alpha value is -3.08. The van der Waals surface area contributed by atoms with Crippen LogP contribution in [0.5, 0.6) is 0 Å². The number of hydrogen-bond donors (Lipinski definition) is 2. The molecule has 0 saturated heterocycles. The summed E-state index contributed by atoms with van der Waals surface area (Å²) in [5.41, 5.74) is 2.32. The number of hydrogen-bond acceptors (Lipinski definition) is 6. The third-order valence-electron chi connectivity index (χ3n) is 7.96. The topological polar surface area (TPSA) is 124 Å². The van der Waals surface area contributed by atoms with Gasteiger partial charge in [0, 0.05) is 42.6 Å². The fourth-order valence-corrected chi connectivity index (χ4v) is 7.50. The third-order valence-corrected chi connectivity index (χ3v) is 10.1. The standard InChI is InChI=1S/C30H31Cl2F3N4O6S2/c1-2-36-27-19-23(32)22(30(33,34)35)18-26(27)37(12-5-15-46(40,41)42)28(36)8-4-3-7-20-11-14-39-24-10-9-21(31)17-25(24)38(29(20)39)13-6-16-47(43,44)45/h3-4,7-10,17-19H,2,5-6,11-16H2,1H3,(H-,40,41,42,43,44,45)/p+1. The van der Waals surface area contributed by atoms with Gasteiger partial charge in [-0.25, -0.2) is 9.13 Å². The molecule has 3 aromatic rings. The van der Waals surface area contributed by atoms with E-state index in [0.29, 0.717) is 42.6 Å². The van der Waals surface area contributed by atoms with E-state index in [1.165, 1.54) is 6.07 Å². The van der Waals surface area contributed by atoms with Crippen LogP contribution >= 0.6 is 23.2 Å². The van der Waals surface area contributed by atoms with Crippen LogP contribution in [0.15, 0.2) is 60.5 Å². The van der Waals surface area contributed by atoms with E-state index < -0.39 is 48.5 Å². The van der Waals surface area contributed by atoms with Gasteiger partial charge in [-0.15, -0.1) is 0 Å². The largest absolute Gasteiger partial charge is 0.417 e. The minimum absolute atomic E-state index is 0.00913. The van der Waals surface area contributed by atoms with Gasteiger partial charge in [0.05, 0.1) is 46.6 Å². The van der Waals surface area contributed by atoms with Crippen molar-refractivity contribution in [3.63, 3.8) is 0 Å². The lowest BCUT2D eigenvalue weighted by Gasteiger charge is -2.24.